The van der Waals surface area contributed by atoms with E-state index in [2.05, 4.69) is 23.7 Å². The SMILES string of the molecule is CC(CNc1cc(CO)ccc1[N+](=O)[O-])c1ccsc1. The van der Waals surface area contributed by atoms with Crippen LogP contribution >= 0.6 is 11.3 Å². The highest BCUT2D eigenvalue weighted by atomic mass is 32.1. The summed E-state index contributed by atoms with van der Waals surface area (Å²) >= 11 is 1.63. The van der Waals surface area contributed by atoms with Gasteiger partial charge in [0.05, 0.1) is 11.5 Å². The number of nitrogens with one attached hydrogen (secondary N) is 1. The van der Waals surface area contributed by atoms with Gasteiger partial charge in [0.2, 0.25) is 0 Å². The molecule has 0 amide bonds. The molecule has 1 aromatic carbocycles. The zero-order chi connectivity index (χ0) is 14.5. The average molecular weight is 292 g/mol. The third-order valence-electron chi connectivity index (χ3n) is 3.15. The molecule has 0 fully saturated rings. The molecule has 5 nitrogen and oxygen atoms in total. The zero-order valence-corrected chi connectivity index (χ0v) is 11.9. The van der Waals surface area contributed by atoms with Crippen molar-refractivity contribution in [3.05, 3.63) is 56.3 Å². The van der Waals surface area contributed by atoms with Crippen LogP contribution in [0.3, 0.4) is 0 Å². The number of hydrogen-bond donors (Lipinski definition) is 2. The normalized spacial score (nSPS) is 12.1. The van der Waals surface area contributed by atoms with E-state index < -0.39 is 4.92 Å². The van der Waals surface area contributed by atoms with Crippen molar-refractivity contribution < 1.29 is 10.0 Å². The second kappa shape index (κ2) is 6.49. The second-order valence-corrected chi connectivity index (χ2v) is 5.39. The fourth-order valence-electron chi connectivity index (χ4n) is 1.92. The smallest absolute Gasteiger partial charge is 0.292 e. The van der Waals surface area contributed by atoms with E-state index in [4.69, 9.17) is 5.11 Å². The molecule has 1 heterocycles. The first kappa shape index (κ1) is 14.5. The fourth-order valence-corrected chi connectivity index (χ4v) is 2.70. The molecular weight excluding hydrogens is 276 g/mol. The fraction of sp³-hybridized carbons (Fsp3) is 0.286. The van der Waals surface area contributed by atoms with Gasteiger partial charge < -0.3 is 10.4 Å². The topological polar surface area (TPSA) is 75.4 Å². The molecule has 0 spiro atoms. The van der Waals surface area contributed by atoms with Crippen LogP contribution in [0, 0.1) is 10.1 Å². The molecule has 1 unspecified atom stereocenters. The first-order chi connectivity index (χ1) is 9.61. The largest absolute Gasteiger partial charge is 0.392 e. The molecule has 20 heavy (non-hydrogen) atoms. The molecule has 2 rings (SSSR count). The summed E-state index contributed by atoms with van der Waals surface area (Å²) < 4.78 is 0. The van der Waals surface area contributed by atoms with Crippen molar-refractivity contribution in [1.29, 1.82) is 0 Å². The molecule has 6 heteroatoms. The molecule has 2 N–H and O–H groups in total. The number of hydrogen-bond acceptors (Lipinski definition) is 5. The van der Waals surface area contributed by atoms with Crippen LogP contribution in [0.1, 0.15) is 24.0 Å². The second-order valence-electron chi connectivity index (χ2n) is 4.61. The Bertz CT molecular complexity index is 584. The van der Waals surface area contributed by atoms with Crippen LogP contribution in [-0.2, 0) is 6.61 Å². The van der Waals surface area contributed by atoms with Gasteiger partial charge >= 0.3 is 0 Å². The van der Waals surface area contributed by atoms with E-state index in [9.17, 15) is 10.1 Å². The van der Waals surface area contributed by atoms with Crippen molar-refractivity contribution in [2.24, 2.45) is 0 Å². The van der Waals surface area contributed by atoms with Gasteiger partial charge in [-0.3, -0.25) is 10.1 Å². The van der Waals surface area contributed by atoms with Gasteiger partial charge in [-0.2, -0.15) is 11.3 Å². The summed E-state index contributed by atoms with van der Waals surface area (Å²) in [6.45, 7) is 2.54. The lowest BCUT2D eigenvalue weighted by atomic mass is 10.0. The summed E-state index contributed by atoms with van der Waals surface area (Å²) in [4.78, 5) is 10.6. The number of aliphatic hydroxyl groups is 1. The number of rotatable bonds is 6. The summed E-state index contributed by atoms with van der Waals surface area (Å²) in [6.07, 6.45) is 0. The Morgan fingerprint density at radius 3 is 2.85 bits per heavy atom. The highest BCUT2D eigenvalue weighted by Gasteiger charge is 2.15. The number of benzene rings is 1. The molecular formula is C14H16N2O3S. The monoisotopic (exact) mass is 292 g/mol. The van der Waals surface area contributed by atoms with Crippen LogP contribution in [0.15, 0.2) is 35.0 Å². The highest BCUT2D eigenvalue weighted by Crippen LogP contribution is 2.27. The van der Waals surface area contributed by atoms with E-state index in [0.29, 0.717) is 17.8 Å². The van der Waals surface area contributed by atoms with Crippen molar-refractivity contribution in [2.75, 3.05) is 11.9 Å². The van der Waals surface area contributed by atoms with E-state index in [1.165, 1.54) is 11.6 Å². The zero-order valence-electron chi connectivity index (χ0n) is 11.1. The lowest BCUT2D eigenvalue weighted by Gasteiger charge is -2.13. The molecule has 0 aliphatic rings. The standard InChI is InChI=1S/C14H16N2O3S/c1-10(12-4-5-20-9-12)7-15-13-6-11(8-17)2-3-14(13)16(18)19/h2-6,9-10,15,17H,7-8H2,1H3. The third-order valence-corrected chi connectivity index (χ3v) is 3.85. The maximum Gasteiger partial charge on any atom is 0.292 e. The Morgan fingerprint density at radius 2 is 2.25 bits per heavy atom. The van der Waals surface area contributed by atoms with Crippen LogP contribution < -0.4 is 5.32 Å². The Kier molecular flexibility index (Phi) is 4.70. The molecule has 1 aromatic heterocycles. The maximum absolute atomic E-state index is 11.0. The van der Waals surface area contributed by atoms with Crippen molar-refractivity contribution in [3.8, 4) is 0 Å². The number of nitro groups is 1. The number of nitro benzene ring substituents is 1. The van der Waals surface area contributed by atoms with Crippen LogP contribution in [0.25, 0.3) is 0 Å². The molecule has 0 aliphatic carbocycles. The molecule has 1 atom stereocenters. The summed E-state index contributed by atoms with van der Waals surface area (Å²) in [5, 5.41) is 27.3. The lowest BCUT2D eigenvalue weighted by molar-refractivity contribution is -0.384. The van der Waals surface area contributed by atoms with Crippen LogP contribution in [0.2, 0.25) is 0 Å². The molecule has 0 saturated carbocycles. The number of nitrogens with zero attached hydrogens (tertiary/aromatic N) is 1. The summed E-state index contributed by atoms with van der Waals surface area (Å²) in [7, 11) is 0. The Labute approximate surface area is 121 Å². The van der Waals surface area contributed by atoms with Gasteiger partial charge in [-0.1, -0.05) is 6.92 Å². The maximum atomic E-state index is 11.0. The first-order valence-corrected chi connectivity index (χ1v) is 7.20. The minimum atomic E-state index is -0.418. The summed E-state index contributed by atoms with van der Waals surface area (Å²) in [6, 6.07) is 6.66. The number of anilines is 1. The van der Waals surface area contributed by atoms with Crippen molar-refractivity contribution in [2.45, 2.75) is 19.4 Å². The number of aliphatic hydroxyl groups excluding tert-OH is 1. The highest BCUT2D eigenvalue weighted by molar-refractivity contribution is 7.07. The van der Waals surface area contributed by atoms with Gasteiger partial charge in [0.25, 0.3) is 5.69 Å². The molecule has 0 radical (unpaired) electrons. The predicted octanol–water partition coefficient (Wildman–Crippen LogP) is 3.36. The molecule has 0 aliphatic heterocycles. The van der Waals surface area contributed by atoms with Gasteiger partial charge in [0, 0.05) is 12.6 Å². The van der Waals surface area contributed by atoms with E-state index in [1.807, 2.05) is 5.38 Å². The van der Waals surface area contributed by atoms with Crippen LogP contribution in [0.5, 0.6) is 0 Å². The van der Waals surface area contributed by atoms with Crippen LogP contribution in [0.4, 0.5) is 11.4 Å². The van der Waals surface area contributed by atoms with E-state index >= 15 is 0 Å². The Hall–Kier alpha value is -1.92. The van der Waals surface area contributed by atoms with E-state index in [0.717, 1.165) is 0 Å². The molecule has 0 saturated heterocycles. The van der Waals surface area contributed by atoms with Crippen molar-refractivity contribution in [1.82, 2.24) is 0 Å². The minimum Gasteiger partial charge on any atom is -0.392 e. The molecule has 0 bridgehead atoms. The van der Waals surface area contributed by atoms with Gasteiger partial charge in [-0.05, 0) is 46.0 Å². The molecule has 106 valence electrons. The Balaban J connectivity index is 2.13. The minimum absolute atomic E-state index is 0.0275. The van der Waals surface area contributed by atoms with Crippen LogP contribution in [-0.4, -0.2) is 16.6 Å². The lowest BCUT2D eigenvalue weighted by Crippen LogP contribution is -2.10. The summed E-state index contributed by atoms with van der Waals surface area (Å²) in [5.74, 6) is 0.263. The predicted molar refractivity (Wildman–Crippen MR) is 80.2 cm³/mol. The van der Waals surface area contributed by atoms with E-state index in [-0.39, 0.29) is 18.2 Å². The van der Waals surface area contributed by atoms with E-state index in [1.54, 1.807) is 23.5 Å². The summed E-state index contributed by atoms with van der Waals surface area (Å²) in [5.41, 5.74) is 2.34. The quantitative estimate of drug-likeness (QED) is 0.632. The van der Waals surface area contributed by atoms with Gasteiger partial charge in [-0.15, -0.1) is 0 Å². The Morgan fingerprint density at radius 1 is 1.45 bits per heavy atom. The van der Waals surface area contributed by atoms with Crippen molar-refractivity contribution >= 4 is 22.7 Å². The first-order valence-electron chi connectivity index (χ1n) is 6.26. The van der Waals surface area contributed by atoms with Gasteiger partial charge in [0.1, 0.15) is 5.69 Å². The van der Waals surface area contributed by atoms with Crippen molar-refractivity contribution in [3.63, 3.8) is 0 Å². The van der Waals surface area contributed by atoms with Gasteiger partial charge in [-0.25, -0.2) is 0 Å². The van der Waals surface area contributed by atoms with Gasteiger partial charge in [0.15, 0.2) is 0 Å². The number of thiophene rings is 1. The molecule has 2 aromatic rings. The average Bonchev–Trinajstić information content (AvgIpc) is 2.98. The third kappa shape index (κ3) is 3.34.